The highest BCUT2D eigenvalue weighted by Crippen LogP contribution is 2.20. The minimum atomic E-state index is -3.56. The van der Waals surface area contributed by atoms with Gasteiger partial charge in [-0.25, -0.2) is 13.2 Å². The molecule has 0 aliphatic carbocycles. The number of piperazine rings is 1. The molecule has 8 heteroatoms. The monoisotopic (exact) mass is 359 g/mol. The molecule has 23 heavy (non-hydrogen) atoms. The van der Waals surface area contributed by atoms with Crippen molar-refractivity contribution >= 4 is 27.7 Å². The molecule has 0 atom stereocenters. The molecule has 1 aromatic rings. The standard InChI is InChI=1S/C15H22ClN3O3S/c1-2-3-7-17-15(20)18-8-10-19(11-9-18)23(21,22)14-6-4-5-13(16)12-14/h4-6,12H,2-3,7-11H2,1H3,(H,17,20). The highest BCUT2D eigenvalue weighted by Gasteiger charge is 2.30. The van der Waals surface area contributed by atoms with Crippen LogP contribution in [0, 0.1) is 0 Å². The Morgan fingerprint density at radius 2 is 1.96 bits per heavy atom. The molecule has 1 heterocycles. The number of carbonyl (C=O) groups excluding carboxylic acids is 1. The van der Waals surface area contributed by atoms with E-state index in [-0.39, 0.29) is 24.0 Å². The van der Waals surface area contributed by atoms with E-state index in [9.17, 15) is 13.2 Å². The van der Waals surface area contributed by atoms with Gasteiger partial charge in [-0.1, -0.05) is 31.0 Å². The van der Waals surface area contributed by atoms with E-state index < -0.39 is 10.0 Å². The molecule has 1 saturated heterocycles. The Hall–Kier alpha value is -1.31. The number of carbonyl (C=O) groups is 1. The van der Waals surface area contributed by atoms with Crippen molar-refractivity contribution in [3.63, 3.8) is 0 Å². The Balaban J connectivity index is 1.94. The minimum Gasteiger partial charge on any atom is -0.338 e. The average Bonchev–Trinajstić information content (AvgIpc) is 2.55. The first-order chi connectivity index (χ1) is 10.9. The molecule has 6 nitrogen and oxygen atoms in total. The summed E-state index contributed by atoms with van der Waals surface area (Å²) in [7, 11) is -3.56. The third-order valence-electron chi connectivity index (χ3n) is 3.77. The Morgan fingerprint density at radius 1 is 1.26 bits per heavy atom. The van der Waals surface area contributed by atoms with Crippen LogP contribution in [0.2, 0.25) is 5.02 Å². The number of hydrogen-bond donors (Lipinski definition) is 1. The number of nitrogens with zero attached hydrogens (tertiary/aromatic N) is 2. The molecule has 1 fully saturated rings. The Morgan fingerprint density at radius 3 is 2.57 bits per heavy atom. The van der Waals surface area contributed by atoms with Gasteiger partial charge < -0.3 is 10.2 Å². The average molecular weight is 360 g/mol. The number of rotatable bonds is 5. The number of urea groups is 1. The van der Waals surface area contributed by atoms with Gasteiger partial charge in [0, 0.05) is 37.7 Å². The summed E-state index contributed by atoms with van der Waals surface area (Å²) in [5.74, 6) is 0. The van der Waals surface area contributed by atoms with Crippen molar-refractivity contribution in [3.05, 3.63) is 29.3 Å². The molecule has 2 amide bonds. The topological polar surface area (TPSA) is 69.7 Å². The molecule has 1 aliphatic rings. The fourth-order valence-electron chi connectivity index (χ4n) is 2.39. The molecule has 2 rings (SSSR count). The van der Waals surface area contributed by atoms with Crippen molar-refractivity contribution < 1.29 is 13.2 Å². The quantitative estimate of drug-likeness (QED) is 0.819. The van der Waals surface area contributed by atoms with E-state index >= 15 is 0 Å². The number of unbranched alkanes of at least 4 members (excludes halogenated alkanes) is 1. The molecule has 0 saturated carbocycles. The maximum Gasteiger partial charge on any atom is 0.317 e. The highest BCUT2D eigenvalue weighted by molar-refractivity contribution is 7.89. The van der Waals surface area contributed by atoms with Gasteiger partial charge in [0.1, 0.15) is 0 Å². The number of halogens is 1. The molecule has 0 aromatic heterocycles. The summed E-state index contributed by atoms with van der Waals surface area (Å²) in [6, 6.07) is 6.11. The second kappa shape index (κ2) is 7.99. The van der Waals surface area contributed by atoms with E-state index in [4.69, 9.17) is 11.6 Å². The first-order valence-electron chi connectivity index (χ1n) is 7.73. The smallest absolute Gasteiger partial charge is 0.317 e. The molecule has 1 aromatic carbocycles. The van der Waals surface area contributed by atoms with Crippen LogP contribution in [0.1, 0.15) is 19.8 Å². The number of hydrogen-bond acceptors (Lipinski definition) is 3. The van der Waals surface area contributed by atoms with Crippen LogP contribution in [0.15, 0.2) is 29.2 Å². The van der Waals surface area contributed by atoms with Gasteiger partial charge >= 0.3 is 6.03 Å². The fraction of sp³-hybridized carbons (Fsp3) is 0.533. The molecule has 0 spiro atoms. The molecule has 0 bridgehead atoms. The number of sulfonamides is 1. The van der Waals surface area contributed by atoms with Crippen LogP contribution in [-0.4, -0.2) is 56.4 Å². The molecular weight excluding hydrogens is 338 g/mol. The van der Waals surface area contributed by atoms with Gasteiger partial charge in [-0.15, -0.1) is 0 Å². The van der Waals surface area contributed by atoms with Crippen molar-refractivity contribution in [2.45, 2.75) is 24.7 Å². The van der Waals surface area contributed by atoms with E-state index in [1.54, 1.807) is 17.0 Å². The molecule has 0 radical (unpaired) electrons. The largest absolute Gasteiger partial charge is 0.338 e. The van der Waals surface area contributed by atoms with Gasteiger partial charge in [-0.3, -0.25) is 0 Å². The lowest BCUT2D eigenvalue weighted by atomic mass is 10.3. The van der Waals surface area contributed by atoms with Gasteiger partial charge in [0.2, 0.25) is 10.0 Å². The van der Waals surface area contributed by atoms with Gasteiger partial charge in [0.25, 0.3) is 0 Å². The molecular formula is C15H22ClN3O3S. The Kier molecular flexibility index (Phi) is 6.26. The van der Waals surface area contributed by atoms with E-state index in [0.717, 1.165) is 12.8 Å². The summed E-state index contributed by atoms with van der Waals surface area (Å²) in [6.45, 7) is 4.06. The lowest BCUT2D eigenvalue weighted by Crippen LogP contribution is -2.53. The van der Waals surface area contributed by atoms with Crippen molar-refractivity contribution in [2.75, 3.05) is 32.7 Å². The zero-order valence-electron chi connectivity index (χ0n) is 13.2. The van der Waals surface area contributed by atoms with Crippen molar-refractivity contribution in [1.82, 2.24) is 14.5 Å². The molecule has 0 unspecified atom stereocenters. The van der Waals surface area contributed by atoms with E-state index in [2.05, 4.69) is 12.2 Å². The second-order valence-electron chi connectivity index (χ2n) is 5.43. The summed E-state index contributed by atoms with van der Waals surface area (Å²) in [5, 5.41) is 3.24. The maximum atomic E-state index is 12.6. The van der Waals surface area contributed by atoms with Gasteiger partial charge in [-0.2, -0.15) is 4.31 Å². The van der Waals surface area contributed by atoms with Crippen molar-refractivity contribution in [1.29, 1.82) is 0 Å². The minimum absolute atomic E-state index is 0.127. The lowest BCUT2D eigenvalue weighted by Gasteiger charge is -2.34. The third-order valence-corrected chi connectivity index (χ3v) is 5.90. The predicted molar refractivity (Wildman–Crippen MR) is 90.1 cm³/mol. The van der Waals surface area contributed by atoms with Crippen molar-refractivity contribution in [3.8, 4) is 0 Å². The van der Waals surface area contributed by atoms with Crippen LogP contribution in [0.4, 0.5) is 4.79 Å². The Bertz CT molecular complexity index is 643. The van der Waals surface area contributed by atoms with Crippen LogP contribution in [0.25, 0.3) is 0 Å². The first kappa shape index (κ1) is 18.0. The highest BCUT2D eigenvalue weighted by atomic mass is 35.5. The van der Waals surface area contributed by atoms with E-state index in [0.29, 0.717) is 24.7 Å². The van der Waals surface area contributed by atoms with Crippen molar-refractivity contribution in [2.24, 2.45) is 0 Å². The molecule has 128 valence electrons. The fourth-order valence-corrected chi connectivity index (χ4v) is 4.12. The zero-order valence-corrected chi connectivity index (χ0v) is 14.7. The maximum absolute atomic E-state index is 12.6. The van der Waals surface area contributed by atoms with Crippen LogP contribution < -0.4 is 5.32 Å². The van der Waals surface area contributed by atoms with Crippen LogP contribution in [-0.2, 0) is 10.0 Å². The lowest BCUT2D eigenvalue weighted by molar-refractivity contribution is 0.172. The normalized spacial score (nSPS) is 16.3. The number of benzene rings is 1. The summed E-state index contributed by atoms with van der Waals surface area (Å²) < 4.78 is 26.5. The summed E-state index contributed by atoms with van der Waals surface area (Å²) in [5.41, 5.74) is 0. The SMILES string of the molecule is CCCCNC(=O)N1CCN(S(=O)(=O)c2cccc(Cl)c2)CC1. The second-order valence-corrected chi connectivity index (χ2v) is 7.81. The molecule has 1 N–H and O–H groups in total. The van der Waals surface area contributed by atoms with Gasteiger partial charge in [0.05, 0.1) is 4.90 Å². The Labute approximate surface area is 142 Å². The van der Waals surface area contributed by atoms with Gasteiger partial charge in [0.15, 0.2) is 0 Å². The first-order valence-corrected chi connectivity index (χ1v) is 9.55. The van der Waals surface area contributed by atoms with Crippen LogP contribution in [0.3, 0.4) is 0 Å². The van der Waals surface area contributed by atoms with E-state index in [1.807, 2.05) is 0 Å². The summed E-state index contributed by atoms with van der Waals surface area (Å²) in [6.07, 6.45) is 1.96. The van der Waals surface area contributed by atoms with Gasteiger partial charge in [-0.05, 0) is 24.6 Å². The third kappa shape index (κ3) is 4.59. The summed E-state index contributed by atoms with van der Waals surface area (Å²) >= 11 is 5.87. The number of nitrogens with one attached hydrogen (secondary N) is 1. The number of amides is 2. The summed E-state index contributed by atoms with van der Waals surface area (Å²) in [4.78, 5) is 13.8. The van der Waals surface area contributed by atoms with Crippen LogP contribution in [0.5, 0.6) is 0 Å². The molecule has 1 aliphatic heterocycles. The zero-order chi connectivity index (χ0) is 16.9. The van der Waals surface area contributed by atoms with E-state index in [1.165, 1.54) is 16.4 Å². The van der Waals surface area contributed by atoms with Crippen LogP contribution >= 0.6 is 11.6 Å². The predicted octanol–water partition coefficient (Wildman–Crippen LogP) is 2.16.